The number of anilines is 4. The molecule has 4 rings (SSSR count). The topological polar surface area (TPSA) is 50.3 Å². The van der Waals surface area contributed by atoms with Crippen LogP contribution in [0.15, 0.2) is 60.9 Å². The van der Waals surface area contributed by atoms with Gasteiger partial charge in [-0.25, -0.2) is 9.97 Å². The number of nitrogens with one attached hydrogen (secondary N) is 1. The first-order valence-electron chi connectivity index (χ1n) is 7.92. The lowest BCUT2D eigenvalue weighted by Crippen LogP contribution is -2.15. The van der Waals surface area contributed by atoms with Gasteiger partial charge in [-0.2, -0.15) is 0 Å². The number of ether oxygens (including phenoxy) is 1. The van der Waals surface area contributed by atoms with E-state index < -0.39 is 0 Å². The van der Waals surface area contributed by atoms with Crippen molar-refractivity contribution in [1.29, 1.82) is 0 Å². The first-order valence-corrected chi connectivity index (χ1v) is 7.92. The standard InChI is InChI=1S/C19H18N4O/c1-24-16-7-4-6-15(11-16)22-18-12-19(21-13-20-18)23-10-9-14-5-2-3-8-17(14)23/h2-8,11-13H,9-10H2,1H3,(H,20,21,22). The Hall–Kier alpha value is -3.08. The van der Waals surface area contributed by atoms with E-state index in [1.165, 1.54) is 11.3 Å². The summed E-state index contributed by atoms with van der Waals surface area (Å²) in [4.78, 5) is 11.0. The van der Waals surface area contributed by atoms with Gasteiger partial charge >= 0.3 is 0 Å². The van der Waals surface area contributed by atoms with Gasteiger partial charge in [-0.05, 0) is 30.2 Å². The zero-order valence-corrected chi connectivity index (χ0v) is 13.4. The Labute approximate surface area is 140 Å². The molecule has 0 saturated heterocycles. The van der Waals surface area contributed by atoms with Gasteiger partial charge in [-0.1, -0.05) is 24.3 Å². The molecule has 0 spiro atoms. The van der Waals surface area contributed by atoms with Crippen LogP contribution in [0.25, 0.3) is 0 Å². The molecule has 3 aromatic rings. The van der Waals surface area contributed by atoms with Gasteiger partial charge in [0.1, 0.15) is 23.7 Å². The average Bonchev–Trinajstić information content (AvgIpc) is 3.06. The van der Waals surface area contributed by atoms with Crippen LogP contribution < -0.4 is 15.0 Å². The molecule has 2 heterocycles. The molecule has 1 aliphatic heterocycles. The normalized spacial score (nSPS) is 12.8. The maximum atomic E-state index is 5.26. The fourth-order valence-electron chi connectivity index (χ4n) is 2.99. The van der Waals surface area contributed by atoms with Crippen LogP contribution in [0.1, 0.15) is 5.56 Å². The molecule has 24 heavy (non-hydrogen) atoms. The van der Waals surface area contributed by atoms with E-state index in [-0.39, 0.29) is 0 Å². The first kappa shape index (κ1) is 14.5. The van der Waals surface area contributed by atoms with Gasteiger partial charge in [0.2, 0.25) is 0 Å². The summed E-state index contributed by atoms with van der Waals surface area (Å²) in [5, 5.41) is 3.31. The summed E-state index contributed by atoms with van der Waals surface area (Å²) in [6.07, 6.45) is 2.64. The maximum absolute atomic E-state index is 5.26. The van der Waals surface area contributed by atoms with E-state index in [9.17, 15) is 0 Å². The van der Waals surface area contributed by atoms with Crippen molar-refractivity contribution in [3.63, 3.8) is 0 Å². The molecule has 1 aliphatic rings. The molecular formula is C19H18N4O. The monoisotopic (exact) mass is 318 g/mol. The van der Waals surface area contributed by atoms with Crippen LogP contribution in [0.5, 0.6) is 5.75 Å². The molecule has 5 nitrogen and oxygen atoms in total. The number of nitrogens with zero attached hydrogens (tertiary/aromatic N) is 3. The molecular weight excluding hydrogens is 300 g/mol. The van der Waals surface area contributed by atoms with Crippen LogP contribution in [-0.2, 0) is 6.42 Å². The second kappa shape index (κ2) is 6.20. The largest absolute Gasteiger partial charge is 0.497 e. The van der Waals surface area contributed by atoms with Crippen molar-refractivity contribution in [2.75, 3.05) is 23.9 Å². The number of benzene rings is 2. The molecule has 0 unspecified atom stereocenters. The van der Waals surface area contributed by atoms with E-state index in [2.05, 4.69) is 44.5 Å². The number of rotatable bonds is 4. The Bertz CT molecular complexity index is 865. The quantitative estimate of drug-likeness (QED) is 0.790. The highest BCUT2D eigenvalue weighted by molar-refractivity contribution is 5.70. The number of fused-ring (bicyclic) bond motifs is 1. The van der Waals surface area contributed by atoms with Crippen molar-refractivity contribution in [1.82, 2.24) is 9.97 Å². The van der Waals surface area contributed by atoms with Crippen molar-refractivity contribution in [3.8, 4) is 5.75 Å². The fourth-order valence-corrected chi connectivity index (χ4v) is 2.99. The molecule has 0 fully saturated rings. The van der Waals surface area contributed by atoms with Gasteiger partial charge in [0.15, 0.2) is 0 Å². The first-order chi connectivity index (χ1) is 11.8. The van der Waals surface area contributed by atoms with Gasteiger partial charge < -0.3 is 15.0 Å². The predicted octanol–water partition coefficient (Wildman–Crippen LogP) is 3.92. The van der Waals surface area contributed by atoms with E-state index in [0.717, 1.165) is 36.0 Å². The molecule has 1 N–H and O–H groups in total. The summed E-state index contributed by atoms with van der Waals surface area (Å²) in [5.74, 6) is 2.47. The second-order valence-electron chi connectivity index (χ2n) is 5.65. The molecule has 0 aliphatic carbocycles. The van der Waals surface area contributed by atoms with Crippen molar-refractivity contribution in [2.45, 2.75) is 6.42 Å². The molecule has 5 heteroatoms. The number of hydrogen-bond acceptors (Lipinski definition) is 5. The second-order valence-corrected chi connectivity index (χ2v) is 5.65. The third kappa shape index (κ3) is 2.76. The summed E-state index contributed by atoms with van der Waals surface area (Å²) in [6.45, 7) is 0.939. The third-order valence-electron chi connectivity index (χ3n) is 4.16. The maximum Gasteiger partial charge on any atom is 0.138 e. The van der Waals surface area contributed by atoms with Crippen LogP contribution in [0.2, 0.25) is 0 Å². The average molecular weight is 318 g/mol. The highest BCUT2D eigenvalue weighted by Gasteiger charge is 2.21. The minimum absolute atomic E-state index is 0.762. The van der Waals surface area contributed by atoms with E-state index in [1.807, 2.05) is 30.3 Å². The van der Waals surface area contributed by atoms with Gasteiger partial charge in [-0.3, -0.25) is 0 Å². The Morgan fingerprint density at radius 1 is 1.04 bits per heavy atom. The molecule has 0 radical (unpaired) electrons. The SMILES string of the molecule is COc1cccc(Nc2cc(N3CCc4ccccc43)ncn2)c1. The Kier molecular flexibility index (Phi) is 3.75. The Morgan fingerprint density at radius 2 is 1.96 bits per heavy atom. The molecule has 0 bridgehead atoms. The molecule has 2 aromatic carbocycles. The summed E-state index contributed by atoms with van der Waals surface area (Å²) in [7, 11) is 1.66. The molecule has 0 saturated carbocycles. The highest BCUT2D eigenvalue weighted by atomic mass is 16.5. The zero-order valence-electron chi connectivity index (χ0n) is 13.4. The predicted molar refractivity (Wildman–Crippen MR) is 95.5 cm³/mol. The Balaban J connectivity index is 1.60. The summed E-state index contributed by atoms with van der Waals surface area (Å²) < 4.78 is 5.26. The third-order valence-corrected chi connectivity index (χ3v) is 4.16. The number of methoxy groups -OCH3 is 1. The molecule has 0 atom stereocenters. The van der Waals surface area contributed by atoms with Gasteiger partial charge in [-0.15, -0.1) is 0 Å². The van der Waals surface area contributed by atoms with Gasteiger partial charge in [0, 0.05) is 30.1 Å². The van der Waals surface area contributed by atoms with Crippen LogP contribution >= 0.6 is 0 Å². The van der Waals surface area contributed by atoms with Crippen LogP contribution in [0, 0.1) is 0 Å². The lowest BCUT2D eigenvalue weighted by molar-refractivity contribution is 0.415. The van der Waals surface area contributed by atoms with Crippen LogP contribution in [0.4, 0.5) is 23.0 Å². The van der Waals surface area contributed by atoms with Crippen molar-refractivity contribution < 1.29 is 4.74 Å². The number of hydrogen-bond donors (Lipinski definition) is 1. The molecule has 0 amide bonds. The van der Waals surface area contributed by atoms with Crippen LogP contribution in [0.3, 0.4) is 0 Å². The van der Waals surface area contributed by atoms with E-state index in [0.29, 0.717) is 0 Å². The summed E-state index contributed by atoms with van der Waals surface area (Å²) in [6, 6.07) is 18.2. The zero-order chi connectivity index (χ0) is 16.4. The fraction of sp³-hybridized carbons (Fsp3) is 0.158. The number of para-hydroxylation sites is 1. The number of aromatic nitrogens is 2. The minimum atomic E-state index is 0.762. The summed E-state index contributed by atoms with van der Waals surface area (Å²) >= 11 is 0. The smallest absolute Gasteiger partial charge is 0.138 e. The van der Waals surface area contributed by atoms with Crippen molar-refractivity contribution in [2.24, 2.45) is 0 Å². The van der Waals surface area contributed by atoms with Crippen LogP contribution in [-0.4, -0.2) is 23.6 Å². The lowest BCUT2D eigenvalue weighted by Gasteiger charge is -2.18. The van der Waals surface area contributed by atoms with E-state index >= 15 is 0 Å². The summed E-state index contributed by atoms with van der Waals surface area (Å²) in [5.41, 5.74) is 3.52. The molecule has 120 valence electrons. The van der Waals surface area contributed by atoms with Crippen molar-refractivity contribution in [3.05, 3.63) is 66.5 Å². The van der Waals surface area contributed by atoms with Gasteiger partial charge in [0.25, 0.3) is 0 Å². The van der Waals surface area contributed by atoms with E-state index in [1.54, 1.807) is 13.4 Å². The lowest BCUT2D eigenvalue weighted by atomic mass is 10.2. The highest BCUT2D eigenvalue weighted by Crippen LogP contribution is 2.33. The minimum Gasteiger partial charge on any atom is -0.497 e. The molecule has 1 aromatic heterocycles. The van der Waals surface area contributed by atoms with E-state index in [4.69, 9.17) is 4.74 Å². The Morgan fingerprint density at radius 3 is 2.88 bits per heavy atom. The van der Waals surface area contributed by atoms with Gasteiger partial charge in [0.05, 0.1) is 7.11 Å². The van der Waals surface area contributed by atoms with Crippen molar-refractivity contribution >= 4 is 23.0 Å².